The van der Waals surface area contributed by atoms with Crippen LogP contribution in [0.4, 0.5) is 19.3 Å². The minimum absolute atomic E-state index is 0.110. The lowest BCUT2D eigenvalue weighted by Crippen LogP contribution is -2.36. The Balaban J connectivity index is 2.10. The van der Waals surface area contributed by atoms with Gasteiger partial charge in [-0.25, -0.2) is 4.79 Å². The number of amides is 2. The number of aliphatic hydroxyl groups excluding tert-OH is 1. The molecule has 24 heavy (non-hydrogen) atoms. The zero-order valence-electron chi connectivity index (χ0n) is 12.9. The average molecular weight is 336 g/mol. The molecule has 0 heterocycles. The molecule has 5 nitrogen and oxygen atoms in total. The zero-order chi connectivity index (χ0) is 17.4. The molecular formula is C17H18F2N2O3. The van der Waals surface area contributed by atoms with E-state index >= 15 is 0 Å². The molecule has 0 aliphatic heterocycles. The molecule has 128 valence electrons. The average Bonchev–Trinajstić information content (AvgIpc) is 2.57. The Labute approximate surface area is 138 Å². The normalized spacial score (nSPS) is 10.5. The number of rotatable bonds is 7. The zero-order valence-corrected chi connectivity index (χ0v) is 12.9. The molecule has 0 bridgehead atoms. The monoisotopic (exact) mass is 336 g/mol. The summed E-state index contributed by atoms with van der Waals surface area (Å²) in [6.07, 6.45) is 0. The molecule has 7 heteroatoms. The van der Waals surface area contributed by atoms with E-state index in [0.29, 0.717) is 0 Å². The van der Waals surface area contributed by atoms with Crippen LogP contribution >= 0.6 is 0 Å². The summed E-state index contributed by atoms with van der Waals surface area (Å²) >= 11 is 0. The molecule has 0 saturated carbocycles. The number of nitrogens with one attached hydrogen (secondary N) is 1. The Bertz CT molecular complexity index is 653. The highest BCUT2D eigenvalue weighted by Crippen LogP contribution is 2.25. The van der Waals surface area contributed by atoms with Crippen molar-refractivity contribution in [3.8, 4) is 5.75 Å². The van der Waals surface area contributed by atoms with Crippen molar-refractivity contribution in [1.29, 1.82) is 0 Å². The number of urea groups is 1. The molecule has 2 aromatic rings. The largest absolute Gasteiger partial charge is 0.433 e. The number of aliphatic hydroxyl groups is 1. The third-order valence-electron chi connectivity index (χ3n) is 3.22. The number of hydrogen-bond donors (Lipinski definition) is 2. The van der Waals surface area contributed by atoms with Gasteiger partial charge in [-0.2, -0.15) is 8.78 Å². The summed E-state index contributed by atoms with van der Waals surface area (Å²) < 4.78 is 29.2. The van der Waals surface area contributed by atoms with E-state index in [1.807, 2.05) is 30.3 Å². The summed E-state index contributed by atoms with van der Waals surface area (Å²) in [5, 5.41) is 11.7. The second-order valence-corrected chi connectivity index (χ2v) is 4.94. The molecule has 0 spiro atoms. The molecule has 2 N–H and O–H groups in total. The molecule has 0 fully saturated rings. The van der Waals surface area contributed by atoms with Gasteiger partial charge in [-0.15, -0.1) is 0 Å². The minimum Gasteiger partial charge on any atom is -0.433 e. The number of anilines is 1. The molecule has 0 aromatic heterocycles. The van der Waals surface area contributed by atoms with E-state index in [1.54, 1.807) is 6.07 Å². The van der Waals surface area contributed by atoms with Gasteiger partial charge in [-0.3, -0.25) is 0 Å². The summed E-state index contributed by atoms with van der Waals surface area (Å²) in [4.78, 5) is 13.8. The van der Waals surface area contributed by atoms with Crippen LogP contribution < -0.4 is 10.1 Å². The molecule has 0 radical (unpaired) electrons. The van der Waals surface area contributed by atoms with Crippen LogP contribution in [0.25, 0.3) is 0 Å². The van der Waals surface area contributed by atoms with Crippen LogP contribution in [0.1, 0.15) is 5.56 Å². The molecule has 0 aliphatic carbocycles. The fourth-order valence-electron chi connectivity index (χ4n) is 2.14. The molecule has 0 saturated heterocycles. The fraction of sp³-hybridized carbons (Fsp3) is 0.235. The standard InChI is InChI=1S/C17H18F2N2O3/c18-16(19)24-15-9-5-4-8-14(15)20-17(23)21(10-11-22)12-13-6-2-1-3-7-13/h1-9,16,22H,10-12H2,(H,20,23). The van der Waals surface area contributed by atoms with Crippen LogP contribution in [0.5, 0.6) is 5.75 Å². The van der Waals surface area contributed by atoms with Crippen molar-refractivity contribution in [1.82, 2.24) is 4.90 Å². The van der Waals surface area contributed by atoms with E-state index in [-0.39, 0.29) is 31.1 Å². The number of halogens is 2. The van der Waals surface area contributed by atoms with Crippen molar-refractivity contribution < 1.29 is 23.4 Å². The third kappa shape index (κ3) is 5.20. The predicted molar refractivity (Wildman–Crippen MR) is 86.0 cm³/mol. The van der Waals surface area contributed by atoms with Gasteiger partial charge in [-0.05, 0) is 17.7 Å². The predicted octanol–water partition coefficient (Wildman–Crippen LogP) is 3.31. The Morgan fingerprint density at radius 1 is 1.12 bits per heavy atom. The van der Waals surface area contributed by atoms with Gasteiger partial charge in [-0.1, -0.05) is 42.5 Å². The van der Waals surface area contributed by atoms with Crippen molar-refractivity contribution in [3.63, 3.8) is 0 Å². The number of hydrogen-bond acceptors (Lipinski definition) is 3. The first-order valence-corrected chi connectivity index (χ1v) is 7.34. The fourth-order valence-corrected chi connectivity index (χ4v) is 2.14. The highest BCUT2D eigenvalue weighted by Gasteiger charge is 2.16. The molecule has 2 amide bonds. The van der Waals surface area contributed by atoms with Gasteiger partial charge in [0.2, 0.25) is 0 Å². The maximum absolute atomic E-state index is 12.4. The van der Waals surface area contributed by atoms with Crippen molar-refractivity contribution in [3.05, 3.63) is 60.2 Å². The number of carbonyl (C=O) groups excluding carboxylic acids is 1. The lowest BCUT2D eigenvalue weighted by atomic mass is 10.2. The number of ether oxygens (including phenoxy) is 1. The summed E-state index contributed by atoms with van der Waals surface area (Å²) in [5.41, 5.74) is 1.03. The number of benzene rings is 2. The first-order valence-electron chi connectivity index (χ1n) is 7.34. The van der Waals surface area contributed by atoms with Gasteiger partial charge in [0.15, 0.2) is 0 Å². The number of nitrogens with zero attached hydrogens (tertiary/aromatic N) is 1. The van der Waals surface area contributed by atoms with Crippen molar-refractivity contribution in [2.75, 3.05) is 18.5 Å². The molecular weight excluding hydrogens is 318 g/mol. The lowest BCUT2D eigenvalue weighted by Gasteiger charge is -2.23. The Morgan fingerprint density at radius 3 is 2.46 bits per heavy atom. The van der Waals surface area contributed by atoms with E-state index in [1.165, 1.54) is 23.1 Å². The number of carbonyl (C=O) groups is 1. The Hall–Kier alpha value is -2.67. The second kappa shape index (κ2) is 8.83. The molecule has 2 rings (SSSR count). The lowest BCUT2D eigenvalue weighted by molar-refractivity contribution is -0.0493. The van der Waals surface area contributed by atoms with Gasteiger partial charge in [0.05, 0.1) is 12.3 Å². The summed E-state index contributed by atoms with van der Waals surface area (Å²) in [5.74, 6) is -0.121. The summed E-state index contributed by atoms with van der Waals surface area (Å²) in [7, 11) is 0. The quantitative estimate of drug-likeness (QED) is 0.815. The van der Waals surface area contributed by atoms with Crippen LogP contribution in [0.15, 0.2) is 54.6 Å². The molecule has 0 aliphatic rings. The van der Waals surface area contributed by atoms with Gasteiger partial charge >= 0.3 is 12.6 Å². The SMILES string of the molecule is O=C(Nc1ccccc1OC(F)F)N(CCO)Cc1ccccc1. The summed E-state index contributed by atoms with van der Waals surface area (Å²) in [6.45, 7) is -2.81. The Morgan fingerprint density at radius 2 is 1.79 bits per heavy atom. The smallest absolute Gasteiger partial charge is 0.387 e. The molecule has 2 aromatic carbocycles. The van der Waals surface area contributed by atoms with E-state index in [2.05, 4.69) is 10.1 Å². The van der Waals surface area contributed by atoms with Gasteiger partial charge < -0.3 is 20.1 Å². The van der Waals surface area contributed by atoms with Crippen molar-refractivity contribution in [2.45, 2.75) is 13.2 Å². The van der Waals surface area contributed by atoms with Crippen LogP contribution in [-0.4, -0.2) is 35.8 Å². The number of alkyl halides is 2. The van der Waals surface area contributed by atoms with Crippen molar-refractivity contribution >= 4 is 11.7 Å². The van der Waals surface area contributed by atoms with Gasteiger partial charge in [0.25, 0.3) is 0 Å². The van der Waals surface area contributed by atoms with E-state index in [0.717, 1.165) is 5.56 Å². The Kier molecular flexibility index (Phi) is 6.51. The van der Waals surface area contributed by atoms with Crippen LogP contribution in [0.2, 0.25) is 0 Å². The van der Waals surface area contributed by atoms with Crippen LogP contribution in [0.3, 0.4) is 0 Å². The van der Waals surface area contributed by atoms with E-state index < -0.39 is 12.6 Å². The first kappa shape index (κ1) is 17.7. The van der Waals surface area contributed by atoms with Gasteiger partial charge in [0, 0.05) is 13.1 Å². The van der Waals surface area contributed by atoms with E-state index in [9.17, 15) is 13.6 Å². The van der Waals surface area contributed by atoms with Crippen LogP contribution in [0, 0.1) is 0 Å². The maximum Gasteiger partial charge on any atom is 0.387 e. The highest BCUT2D eigenvalue weighted by atomic mass is 19.3. The summed E-state index contributed by atoms with van der Waals surface area (Å²) in [6, 6.07) is 14.7. The first-order chi connectivity index (χ1) is 11.6. The second-order valence-electron chi connectivity index (χ2n) is 4.94. The third-order valence-corrected chi connectivity index (χ3v) is 3.22. The maximum atomic E-state index is 12.4. The van der Waals surface area contributed by atoms with Crippen LogP contribution in [-0.2, 0) is 6.54 Å². The topological polar surface area (TPSA) is 61.8 Å². The van der Waals surface area contributed by atoms with E-state index in [4.69, 9.17) is 5.11 Å². The highest BCUT2D eigenvalue weighted by molar-refractivity contribution is 5.91. The van der Waals surface area contributed by atoms with Crippen molar-refractivity contribution in [2.24, 2.45) is 0 Å². The van der Waals surface area contributed by atoms with Gasteiger partial charge in [0.1, 0.15) is 5.75 Å². The molecule has 0 unspecified atom stereocenters. The number of para-hydroxylation sites is 2. The minimum atomic E-state index is -2.99. The molecule has 0 atom stereocenters.